The van der Waals surface area contributed by atoms with Crippen molar-refractivity contribution in [2.45, 2.75) is 0 Å². The first-order chi connectivity index (χ1) is 3.55. The lowest BCUT2D eigenvalue weighted by atomic mass is 11.0. The van der Waals surface area contributed by atoms with Crippen molar-refractivity contribution in [2.24, 2.45) is 0 Å². The zero-order valence-corrected chi connectivity index (χ0v) is 5.94. The van der Waals surface area contributed by atoms with Crippen molar-refractivity contribution in [3.8, 4) is 0 Å². The number of halogens is 1. The van der Waals surface area contributed by atoms with Gasteiger partial charge in [0.05, 0.1) is 0 Å². The van der Waals surface area contributed by atoms with Crippen LogP contribution in [0.5, 0.6) is 0 Å². The summed E-state index contributed by atoms with van der Waals surface area (Å²) < 4.78 is 0. The summed E-state index contributed by atoms with van der Waals surface area (Å²) in [6.45, 7) is 0. The van der Waals surface area contributed by atoms with Gasteiger partial charge in [0.15, 0.2) is 0 Å². The van der Waals surface area contributed by atoms with E-state index in [1.54, 1.807) is 26.2 Å². The van der Waals surface area contributed by atoms with Crippen LogP contribution in [-0.2, 0) is 0 Å². The van der Waals surface area contributed by atoms with Crippen LogP contribution in [0.4, 0.5) is 4.79 Å². The standard InChI is InChI=1S/C4H9ClN2O/c1-6(2)7(3)4(5)8/h1-3H3. The van der Waals surface area contributed by atoms with Gasteiger partial charge in [-0.05, 0) is 11.6 Å². The monoisotopic (exact) mass is 136 g/mol. The first-order valence-electron chi connectivity index (χ1n) is 2.16. The fourth-order valence-electron chi connectivity index (χ4n) is 0.157. The Balaban J connectivity index is 3.64. The van der Waals surface area contributed by atoms with Crippen LogP contribution >= 0.6 is 11.6 Å². The minimum Gasteiger partial charge on any atom is -0.265 e. The summed E-state index contributed by atoms with van der Waals surface area (Å²) in [7, 11) is 5.07. The second-order valence-corrected chi connectivity index (χ2v) is 1.95. The lowest BCUT2D eigenvalue weighted by molar-refractivity contribution is 0.105. The molecule has 0 aromatic carbocycles. The van der Waals surface area contributed by atoms with Gasteiger partial charge in [-0.3, -0.25) is 9.80 Å². The van der Waals surface area contributed by atoms with E-state index in [2.05, 4.69) is 0 Å². The second-order valence-electron chi connectivity index (χ2n) is 1.62. The van der Waals surface area contributed by atoms with Gasteiger partial charge in [0.1, 0.15) is 0 Å². The summed E-state index contributed by atoms with van der Waals surface area (Å²) in [6, 6.07) is 0. The highest BCUT2D eigenvalue weighted by Crippen LogP contribution is 1.92. The van der Waals surface area contributed by atoms with E-state index in [1.165, 1.54) is 5.01 Å². The Hall–Kier alpha value is -0.280. The van der Waals surface area contributed by atoms with E-state index in [0.717, 1.165) is 0 Å². The highest BCUT2D eigenvalue weighted by Gasteiger charge is 2.03. The van der Waals surface area contributed by atoms with E-state index >= 15 is 0 Å². The average molecular weight is 137 g/mol. The smallest absolute Gasteiger partial charge is 0.265 e. The molecule has 0 atom stereocenters. The molecule has 0 unspecified atom stereocenters. The first kappa shape index (κ1) is 7.72. The number of carbonyl (C=O) groups excluding carboxylic acids is 1. The number of amides is 1. The Morgan fingerprint density at radius 2 is 1.75 bits per heavy atom. The summed E-state index contributed by atoms with van der Waals surface area (Å²) >= 11 is 5.07. The van der Waals surface area contributed by atoms with Gasteiger partial charge >= 0.3 is 5.37 Å². The first-order valence-corrected chi connectivity index (χ1v) is 2.54. The molecule has 0 aliphatic rings. The number of hydrogen-bond donors (Lipinski definition) is 0. The molecule has 0 N–H and O–H groups in total. The molecule has 0 fully saturated rings. The maximum Gasteiger partial charge on any atom is 0.330 e. The van der Waals surface area contributed by atoms with Crippen LogP contribution < -0.4 is 0 Å². The van der Waals surface area contributed by atoms with Crippen LogP contribution in [0, 0.1) is 0 Å². The molecule has 0 radical (unpaired) electrons. The molecule has 0 saturated heterocycles. The molecule has 1 amide bonds. The van der Waals surface area contributed by atoms with Crippen molar-refractivity contribution in [3.05, 3.63) is 0 Å². The number of rotatable bonds is 1. The Morgan fingerprint density at radius 1 is 1.38 bits per heavy atom. The van der Waals surface area contributed by atoms with Crippen molar-refractivity contribution >= 4 is 17.0 Å². The Bertz CT molecular complexity index is 94.0. The predicted octanol–water partition coefficient (Wildman–Crippen LogP) is 0.754. The molecule has 0 heterocycles. The van der Waals surface area contributed by atoms with E-state index in [0.29, 0.717) is 0 Å². The Labute approximate surface area is 53.8 Å². The van der Waals surface area contributed by atoms with Crippen LogP contribution in [0.1, 0.15) is 0 Å². The van der Waals surface area contributed by atoms with Crippen molar-refractivity contribution in [2.75, 3.05) is 21.1 Å². The summed E-state index contributed by atoms with van der Waals surface area (Å²) in [5.41, 5.74) is 0. The summed E-state index contributed by atoms with van der Waals surface area (Å²) in [5.74, 6) is 0. The molecule has 4 heteroatoms. The fraction of sp³-hybridized carbons (Fsp3) is 0.750. The van der Waals surface area contributed by atoms with Gasteiger partial charge < -0.3 is 0 Å². The van der Waals surface area contributed by atoms with Crippen molar-refractivity contribution in [3.63, 3.8) is 0 Å². The lowest BCUT2D eigenvalue weighted by Gasteiger charge is -2.20. The quantitative estimate of drug-likeness (QED) is 0.302. The van der Waals surface area contributed by atoms with E-state index < -0.39 is 5.37 Å². The van der Waals surface area contributed by atoms with Gasteiger partial charge in [-0.1, -0.05) is 0 Å². The van der Waals surface area contributed by atoms with Crippen LogP contribution in [0.2, 0.25) is 0 Å². The third kappa shape index (κ3) is 2.14. The zero-order chi connectivity index (χ0) is 6.73. The van der Waals surface area contributed by atoms with Gasteiger partial charge in [-0.15, -0.1) is 0 Å². The summed E-state index contributed by atoms with van der Waals surface area (Å²) in [4.78, 5) is 10.2. The highest BCUT2D eigenvalue weighted by molar-refractivity contribution is 6.62. The van der Waals surface area contributed by atoms with Gasteiger partial charge in [0.25, 0.3) is 0 Å². The molecule has 0 aromatic heterocycles. The molecular weight excluding hydrogens is 128 g/mol. The third-order valence-corrected chi connectivity index (χ3v) is 1.10. The average Bonchev–Trinajstić information content (AvgIpc) is 1.64. The number of carbonyl (C=O) groups is 1. The summed E-state index contributed by atoms with van der Waals surface area (Å²) in [5, 5.41) is 2.41. The number of hydrogen-bond acceptors (Lipinski definition) is 2. The van der Waals surface area contributed by atoms with E-state index in [4.69, 9.17) is 11.6 Å². The molecule has 0 spiro atoms. The van der Waals surface area contributed by atoms with Crippen LogP contribution in [0.15, 0.2) is 0 Å². The largest absolute Gasteiger partial charge is 0.330 e. The van der Waals surface area contributed by atoms with Crippen molar-refractivity contribution < 1.29 is 4.79 Å². The van der Waals surface area contributed by atoms with Gasteiger partial charge in [0.2, 0.25) is 0 Å². The molecule has 3 nitrogen and oxygen atoms in total. The number of nitrogens with zero attached hydrogens (tertiary/aromatic N) is 2. The maximum atomic E-state index is 10.2. The highest BCUT2D eigenvalue weighted by atomic mass is 35.5. The normalized spacial score (nSPS) is 9.62. The molecule has 0 aromatic rings. The second kappa shape index (κ2) is 2.89. The number of hydrazine groups is 1. The van der Waals surface area contributed by atoms with Crippen LogP contribution in [0.25, 0.3) is 0 Å². The zero-order valence-electron chi connectivity index (χ0n) is 5.18. The third-order valence-electron chi connectivity index (χ3n) is 0.854. The molecule has 0 rings (SSSR count). The fourth-order valence-corrected chi connectivity index (χ4v) is 0.308. The van der Waals surface area contributed by atoms with E-state index in [-0.39, 0.29) is 0 Å². The van der Waals surface area contributed by atoms with Gasteiger partial charge in [-0.25, -0.2) is 5.01 Å². The molecule has 0 aliphatic carbocycles. The molecule has 8 heavy (non-hydrogen) atoms. The van der Waals surface area contributed by atoms with Crippen molar-refractivity contribution in [1.29, 1.82) is 0 Å². The molecule has 0 bridgehead atoms. The predicted molar refractivity (Wildman–Crippen MR) is 32.7 cm³/mol. The maximum absolute atomic E-state index is 10.2. The summed E-state index contributed by atoms with van der Waals surface area (Å²) in [6.07, 6.45) is 0. The Kier molecular flexibility index (Phi) is 2.79. The SMILES string of the molecule is CN(C)N(C)C(=O)Cl. The van der Waals surface area contributed by atoms with E-state index in [9.17, 15) is 4.79 Å². The molecule has 48 valence electrons. The van der Waals surface area contributed by atoms with E-state index in [1.807, 2.05) is 0 Å². The molecule has 0 saturated carbocycles. The minimum absolute atomic E-state index is 0.477. The van der Waals surface area contributed by atoms with Crippen LogP contribution in [-0.4, -0.2) is 36.5 Å². The van der Waals surface area contributed by atoms with Gasteiger partial charge in [0, 0.05) is 21.1 Å². The lowest BCUT2D eigenvalue weighted by Crippen LogP contribution is -2.34. The molecule has 0 aliphatic heterocycles. The van der Waals surface area contributed by atoms with Gasteiger partial charge in [-0.2, -0.15) is 0 Å². The topological polar surface area (TPSA) is 23.6 Å². The minimum atomic E-state index is -0.477. The van der Waals surface area contributed by atoms with Crippen molar-refractivity contribution in [1.82, 2.24) is 10.0 Å². The molecular formula is C4H9ClN2O. The Morgan fingerprint density at radius 3 is 1.75 bits per heavy atom. The van der Waals surface area contributed by atoms with Crippen LogP contribution in [0.3, 0.4) is 0 Å².